The molecule has 3 aromatic rings. The summed E-state index contributed by atoms with van der Waals surface area (Å²) < 4.78 is 17.8. The largest absolute Gasteiger partial charge is 0.433 e. The van der Waals surface area contributed by atoms with Crippen LogP contribution in [0, 0.1) is 15.9 Å². The van der Waals surface area contributed by atoms with Crippen molar-refractivity contribution in [3.63, 3.8) is 0 Å². The second-order valence-electron chi connectivity index (χ2n) is 5.05. The Morgan fingerprint density at radius 3 is 2.81 bits per heavy atom. The van der Waals surface area contributed by atoms with Gasteiger partial charge in [0.25, 0.3) is 0 Å². The Morgan fingerprint density at radius 2 is 2.12 bits per heavy atom. The normalized spacial score (nSPS) is 11.0. The zero-order valence-corrected chi connectivity index (χ0v) is 13.9. The number of carbonyl (C=O) groups excluding carboxylic acids is 1. The average Bonchev–Trinajstić information content (AvgIpc) is 3.25. The molecule has 0 saturated heterocycles. The summed E-state index contributed by atoms with van der Waals surface area (Å²) in [5, 5.41) is 16.6. The van der Waals surface area contributed by atoms with Gasteiger partial charge < -0.3 is 4.42 Å². The Kier molecular flexibility index (Phi) is 5.13. The molecule has 3 rings (SSSR count). The molecule has 0 aliphatic rings. The molecule has 26 heavy (non-hydrogen) atoms. The first-order valence-electron chi connectivity index (χ1n) is 7.28. The summed E-state index contributed by atoms with van der Waals surface area (Å²) in [7, 11) is 0. The van der Waals surface area contributed by atoms with Crippen molar-refractivity contribution in [2.45, 2.75) is 6.42 Å². The number of nitro groups is 1. The number of nitrogens with zero attached hydrogens (tertiary/aromatic N) is 3. The third-order valence-corrected chi connectivity index (χ3v) is 4.10. The first-order valence-corrected chi connectivity index (χ1v) is 8.16. The van der Waals surface area contributed by atoms with Gasteiger partial charge in [-0.1, -0.05) is 0 Å². The molecule has 0 radical (unpaired) electrons. The zero-order valence-electron chi connectivity index (χ0n) is 13.1. The van der Waals surface area contributed by atoms with E-state index in [1.165, 1.54) is 35.6 Å². The van der Waals surface area contributed by atoms with Crippen LogP contribution in [0.1, 0.15) is 11.5 Å². The molecule has 0 bridgehead atoms. The van der Waals surface area contributed by atoms with E-state index in [-0.39, 0.29) is 18.0 Å². The van der Waals surface area contributed by atoms with Crippen molar-refractivity contribution in [1.29, 1.82) is 0 Å². The van der Waals surface area contributed by atoms with Crippen molar-refractivity contribution in [1.82, 2.24) is 10.4 Å². The van der Waals surface area contributed by atoms with E-state index in [4.69, 9.17) is 4.42 Å². The van der Waals surface area contributed by atoms with E-state index in [1.807, 2.05) is 0 Å². The lowest BCUT2D eigenvalue weighted by atomic mass is 10.2. The van der Waals surface area contributed by atoms with E-state index >= 15 is 0 Å². The average molecular weight is 374 g/mol. The predicted octanol–water partition coefficient (Wildman–Crippen LogP) is 3.14. The standard InChI is InChI=1S/C16H11FN4O4S/c17-11-3-1-10(2-4-11)16-19-12(9-26-16)7-14(22)20-18-8-13-5-6-15(25-13)21(23)24/h1-6,8-9H,7H2,(H,20,22)/b18-8-. The maximum absolute atomic E-state index is 12.9. The summed E-state index contributed by atoms with van der Waals surface area (Å²) in [6.45, 7) is 0. The summed E-state index contributed by atoms with van der Waals surface area (Å²) in [4.78, 5) is 26.0. The van der Waals surface area contributed by atoms with Gasteiger partial charge in [-0.15, -0.1) is 11.3 Å². The van der Waals surface area contributed by atoms with E-state index in [0.29, 0.717) is 10.7 Å². The number of benzene rings is 1. The molecule has 0 atom stereocenters. The molecule has 0 spiro atoms. The van der Waals surface area contributed by atoms with E-state index in [0.717, 1.165) is 11.8 Å². The highest BCUT2D eigenvalue weighted by molar-refractivity contribution is 7.13. The Bertz CT molecular complexity index is 965. The fourth-order valence-corrected chi connectivity index (χ4v) is 2.82. The van der Waals surface area contributed by atoms with Gasteiger partial charge in [-0.2, -0.15) is 5.10 Å². The Labute approximate surface area is 150 Å². The van der Waals surface area contributed by atoms with Gasteiger partial charge in [-0.05, 0) is 30.3 Å². The number of nitrogens with one attached hydrogen (secondary N) is 1. The first-order chi connectivity index (χ1) is 12.5. The lowest BCUT2D eigenvalue weighted by Crippen LogP contribution is -2.19. The summed E-state index contributed by atoms with van der Waals surface area (Å²) in [6, 6.07) is 8.47. The molecule has 2 aromatic heterocycles. The molecule has 0 saturated carbocycles. The molecule has 0 aliphatic carbocycles. The van der Waals surface area contributed by atoms with Crippen LogP contribution in [0.3, 0.4) is 0 Å². The Morgan fingerprint density at radius 1 is 1.35 bits per heavy atom. The molecular formula is C16H11FN4O4S. The number of aromatic nitrogens is 1. The molecule has 1 amide bonds. The second-order valence-corrected chi connectivity index (χ2v) is 5.91. The molecule has 0 fully saturated rings. The van der Waals surface area contributed by atoms with Gasteiger partial charge in [0.2, 0.25) is 5.91 Å². The lowest BCUT2D eigenvalue weighted by Gasteiger charge is -1.97. The molecule has 10 heteroatoms. The quantitative estimate of drug-likeness (QED) is 0.405. The zero-order chi connectivity index (χ0) is 18.5. The van der Waals surface area contributed by atoms with E-state index in [2.05, 4.69) is 15.5 Å². The number of furan rings is 1. The van der Waals surface area contributed by atoms with Crippen LogP contribution >= 0.6 is 11.3 Å². The molecule has 0 aliphatic heterocycles. The number of rotatable bonds is 6. The minimum atomic E-state index is -0.670. The SMILES string of the molecule is O=C(Cc1csc(-c2ccc(F)cc2)n1)N/N=C\c1ccc([N+](=O)[O-])o1. The monoisotopic (exact) mass is 374 g/mol. The highest BCUT2D eigenvalue weighted by atomic mass is 32.1. The number of thiazole rings is 1. The minimum absolute atomic E-state index is 0.00728. The molecule has 132 valence electrons. The number of hydrogen-bond donors (Lipinski definition) is 1. The van der Waals surface area contributed by atoms with E-state index in [9.17, 15) is 19.3 Å². The Balaban J connectivity index is 1.55. The Hall–Kier alpha value is -3.40. The summed E-state index contributed by atoms with van der Waals surface area (Å²) in [5.41, 5.74) is 3.61. The highest BCUT2D eigenvalue weighted by Crippen LogP contribution is 2.24. The number of hydrazone groups is 1. The van der Waals surface area contributed by atoms with E-state index in [1.54, 1.807) is 17.5 Å². The maximum Gasteiger partial charge on any atom is 0.433 e. The third-order valence-electron chi connectivity index (χ3n) is 3.16. The van der Waals surface area contributed by atoms with Gasteiger partial charge in [-0.3, -0.25) is 14.9 Å². The summed E-state index contributed by atoms with van der Waals surface area (Å²) >= 11 is 1.35. The van der Waals surface area contributed by atoms with Crippen molar-refractivity contribution in [2.75, 3.05) is 0 Å². The smallest absolute Gasteiger partial charge is 0.400 e. The van der Waals surface area contributed by atoms with E-state index < -0.39 is 16.7 Å². The topological polar surface area (TPSA) is 111 Å². The summed E-state index contributed by atoms with van der Waals surface area (Å²) in [6.07, 6.45) is 1.17. The van der Waals surface area contributed by atoms with Crippen LogP contribution < -0.4 is 5.43 Å². The fourth-order valence-electron chi connectivity index (χ4n) is 1.99. The van der Waals surface area contributed by atoms with Gasteiger partial charge >= 0.3 is 5.88 Å². The van der Waals surface area contributed by atoms with Crippen molar-refractivity contribution in [2.24, 2.45) is 5.10 Å². The van der Waals surface area contributed by atoms with Crippen LogP contribution in [0.5, 0.6) is 0 Å². The lowest BCUT2D eigenvalue weighted by molar-refractivity contribution is -0.402. The molecule has 0 unspecified atom stereocenters. The minimum Gasteiger partial charge on any atom is -0.400 e. The van der Waals surface area contributed by atoms with Crippen LogP contribution in [0.25, 0.3) is 10.6 Å². The van der Waals surface area contributed by atoms with Crippen LogP contribution in [-0.4, -0.2) is 22.0 Å². The summed E-state index contributed by atoms with van der Waals surface area (Å²) in [5.74, 6) is -0.999. The number of halogens is 1. The maximum atomic E-state index is 12.9. The van der Waals surface area contributed by atoms with Crippen molar-refractivity contribution in [3.05, 3.63) is 69.2 Å². The predicted molar refractivity (Wildman–Crippen MR) is 92.3 cm³/mol. The molecule has 1 N–H and O–H groups in total. The molecule has 2 heterocycles. The number of carbonyl (C=O) groups is 1. The molecule has 1 aromatic carbocycles. The third kappa shape index (κ3) is 4.36. The van der Waals surface area contributed by atoms with Gasteiger partial charge in [0, 0.05) is 10.9 Å². The molecular weight excluding hydrogens is 363 g/mol. The number of amides is 1. The fraction of sp³-hybridized carbons (Fsp3) is 0.0625. The second kappa shape index (κ2) is 7.66. The van der Waals surface area contributed by atoms with Gasteiger partial charge in [0.05, 0.1) is 24.4 Å². The van der Waals surface area contributed by atoms with Crippen molar-refractivity contribution < 1.29 is 18.5 Å². The number of hydrogen-bond acceptors (Lipinski definition) is 7. The van der Waals surface area contributed by atoms with Crippen molar-refractivity contribution in [3.8, 4) is 10.6 Å². The van der Waals surface area contributed by atoms with Crippen LogP contribution in [0.4, 0.5) is 10.3 Å². The van der Waals surface area contributed by atoms with Gasteiger partial charge in [0.1, 0.15) is 15.7 Å². The van der Waals surface area contributed by atoms with Crippen molar-refractivity contribution >= 4 is 29.3 Å². The van der Waals surface area contributed by atoms with Gasteiger partial charge in [-0.25, -0.2) is 14.8 Å². The highest BCUT2D eigenvalue weighted by Gasteiger charge is 2.11. The first kappa shape index (κ1) is 17.4. The van der Waals surface area contributed by atoms with Crippen LogP contribution in [0.15, 0.2) is 51.3 Å². The molecule has 8 nitrogen and oxygen atoms in total. The van der Waals surface area contributed by atoms with Gasteiger partial charge in [0.15, 0.2) is 5.76 Å². The van der Waals surface area contributed by atoms with Crippen LogP contribution in [0.2, 0.25) is 0 Å². The van der Waals surface area contributed by atoms with Crippen LogP contribution in [-0.2, 0) is 11.2 Å².